The van der Waals surface area contributed by atoms with Crippen molar-refractivity contribution in [3.8, 4) is 0 Å². The molecule has 2 N–H and O–H groups in total. The molecule has 1 aliphatic rings. The van der Waals surface area contributed by atoms with E-state index in [-0.39, 0.29) is 11.4 Å². The lowest BCUT2D eigenvalue weighted by atomic mass is 10.2. The van der Waals surface area contributed by atoms with E-state index in [0.717, 1.165) is 12.1 Å². The summed E-state index contributed by atoms with van der Waals surface area (Å²) in [4.78, 5) is 13.2. The lowest BCUT2D eigenvalue weighted by Crippen LogP contribution is -2.44. The van der Waals surface area contributed by atoms with Crippen molar-refractivity contribution in [3.05, 3.63) is 30.1 Å². The number of hydrogen-bond donors (Lipinski definition) is 1. The third kappa shape index (κ3) is 3.63. The van der Waals surface area contributed by atoms with Crippen LogP contribution < -0.4 is 5.73 Å². The monoisotopic (exact) mass is 329 g/mol. The number of hydrogen-bond acceptors (Lipinski definition) is 4. The van der Waals surface area contributed by atoms with E-state index in [4.69, 9.17) is 5.73 Å². The molecule has 0 saturated carbocycles. The maximum absolute atomic E-state index is 12.9. The molecule has 0 radical (unpaired) electrons. The first-order chi connectivity index (χ1) is 10.3. The molecule has 2 rings (SSSR count). The molecule has 22 heavy (non-hydrogen) atoms. The van der Waals surface area contributed by atoms with Crippen molar-refractivity contribution in [2.75, 3.05) is 26.2 Å². The Hall–Kier alpha value is -1.51. The fraction of sp³-hybridized carbons (Fsp3) is 0.500. The number of sulfonamides is 1. The molecule has 1 aliphatic heterocycles. The highest BCUT2D eigenvalue weighted by Gasteiger charge is 2.29. The van der Waals surface area contributed by atoms with Crippen molar-refractivity contribution in [2.45, 2.75) is 24.3 Å². The van der Waals surface area contributed by atoms with Gasteiger partial charge in [-0.15, -0.1) is 0 Å². The summed E-state index contributed by atoms with van der Waals surface area (Å²) in [6.45, 7) is 3.40. The summed E-state index contributed by atoms with van der Waals surface area (Å²) >= 11 is 0. The van der Waals surface area contributed by atoms with Crippen LogP contribution in [-0.2, 0) is 14.8 Å². The lowest BCUT2D eigenvalue weighted by molar-refractivity contribution is -0.122. The predicted octanol–water partition coefficient (Wildman–Crippen LogP) is 0.396. The minimum absolute atomic E-state index is 0.0744. The van der Waals surface area contributed by atoms with E-state index in [2.05, 4.69) is 0 Å². The van der Waals surface area contributed by atoms with E-state index in [1.54, 1.807) is 6.92 Å². The number of carbonyl (C=O) groups excluding carboxylic acids is 1. The molecule has 1 amide bonds. The predicted molar refractivity (Wildman–Crippen MR) is 80.0 cm³/mol. The quantitative estimate of drug-likeness (QED) is 0.866. The molecule has 1 aromatic carbocycles. The van der Waals surface area contributed by atoms with Gasteiger partial charge in [-0.05, 0) is 37.6 Å². The average molecular weight is 329 g/mol. The zero-order valence-electron chi connectivity index (χ0n) is 12.4. The number of primary amides is 1. The van der Waals surface area contributed by atoms with Gasteiger partial charge >= 0.3 is 0 Å². The molecule has 0 bridgehead atoms. The number of rotatable bonds is 4. The largest absolute Gasteiger partial charge is 0.368 e. The number of carbonyl (C=O) groups is 1. The number of halogens is 1. The van der Waals surface area contributed by atoms with Gasteiger partial charge in [-0.1, -0.05) is 0 Å². The summed E-state index contributed by atoms with van der Waals surface area (Å²) in [6, 6.07) is 4.37. The molecule has 6 nitrogen and oxygen atoms in total. The summed E-state index contributed by atoms with van der Waals surface area (Å²) in [5.41, 5.74) is 5.30. The molecule has 1 atom stereocenters. The first-order valence-corrected chi connectivity index (χ1v) is 8.55. The highest BCUT2D eigenvalue weighted by Crippen LogP contribution is 2.18. The summed E-state index contributed by atoms with van der Waals surface area (Å²) in [6.07, 6.45) is 0.609. The molecule has 0 aromatic heterocycles. The summed E-state index contributed by atoms with van der Waals surface area (Å²) in [5.74, 6) is -0.897. The molecule has 0 spiro atoms. The number of benzene rings is 1. The van der Waals surface area contributed by atoms with Gasteiger partial charge < -0.3 is 5.73 Å². The number of nitrogens with two attached hydrogens (primary N) is 1. The zero-order valence-corrected chi connectivity index (χ0v) is 13.2. The van der Waals surface area contributed by atoms with Gasteiger partial charge in [0, 0.05) is 26.2 Å². The van der Waals surface area contributed by atoms with E-state index >= 15 is 0 Å². The van der Waals surface area contributed by atoms with Crippen LogP contribution in [0.3, 0.4) is 0 Å². The van der Waals surface area contributed by atoms with Crippen LogP contribution in [0.5, 0.6) is 0 Å². The van der Waals surface area contributed by atoms with Crippen molar-refractivity contribution in [2.24, 2.45) is 5.73 Å². The molecule has 1 heterocycles. The summed E-state index contributed by atoms with van der Waals surface area (Å²) in [5, 5.41) is 0. The van der Waals surface area contributed by atoms with Crippen LogP contribution >= 0.6 is 0 Å². The molecule has 0 unspecified atom stereocenters. The molecular weight excluding hydrogens is 309 g/mol. The average Bonchev–Trinajstić information content (AvgIpc) is 2.73. The van der Waals surface area contributed by atoms with Crippen molar-refractivity contribution in [1.82, 2.24) is 9.21 Å². The van der Waals surface area contributed by atoms with E-state index in [1.165, 1.54) is 16.4 Å². The second-order valence-electron chi connectivity index (χ2n) is 5.33. The summed E-state index contributed by atoms with van der Waals surface area (Å²) < 4.78 is 39.4. The van der Waals surface area contributed by atoms with Crippen LogP contribution in [0.4, 0.5) is 4.39 Å². The van der Waals surface area contributed by atoms with Gasteiger partial charge in [-0.2, -0.15) is 4.31 Å². The molecule has 122 valence electrons. The Bertz CT molecular complexity index is 633. The second-order valence-corrected chi connectivity index (χ2v) is 7.26. The maximum atomic E-state index is 12.9. The standard InChI is InChI=1S/C14H20FN3O3S/c1-11(14(16)19)17-7-2-8-18(10-9-17)22(20,21)13-5-3-12(15)4-6-13/h3-6,11H,2,7-10H2,1H3,(H2,16,19)/t11-/m1/s1. The van der Waals surface area contributed by atoms with Crippen LogP contribution in [-0.4, -0.2) is 55.8 Å². The molecule has 8 heteroatoms. The number of nitrogens with zero attached hydrogens (tertiary/aromatic N) is 2. The second kappa shape index (κ2) is 6.72. The van der Waals surface area contributed by atoms with Gasteiger partial charge in [0.15, 0.2) is 0 Å². The first kappa shape index (κ1) is 16.9. The van der Waals surface area contributed by atoms with Crippen molar-refractivity contribution in [1.29, 1.82) is 0 Å². The van der Waals surface area contributed by atoms with Gasteiger partial charge in [0.1, 0.15) is 5.82 Å². The summed E-state index contributed by atoms with van der Waals surface area (Å²) in [7, 11) is -3.65. The van der Waals surface area contributed by atoms with E-state index in [0.29, 0.717) is 26.1 Å². The van der Waals surface area contributed by atoms with Crippen LogP contribution in [0, 0.1) is 5.82 Å². The Labute approximate surface area is 129 Å². The Kier molecular flexibility index (Phi) is 5.15. The third-order valence-electron chi connectivity index (χ3n) is 3.90. The van der Waals surface area contributed by atoms with E-state index < -0.39 is 27.8 Å². The van der Waals surface area contributed by atoms with Crippen LogP contribution in [0.25, 0.3) is 0 Å². The van der Waals surface area contributed by atoms with Gasteiger partial charge in [-0.3, -0.25) is 9.69 Å². The molecule has 0 aliphatic carbocycles. The van der Waals surface area contributed by atoms with E-state index in [9.17, 15) is 17.6 Å². The third-order valence-corrected chi connectivity index (χ3v) is 5.81. The minimum Gasteiger partial charge on any atom is -0.368 e. The van der Waals surface area contributed by atoms with Gasteiger partial charge in [0.25, 0.3) is 0 Å². The number of amides is 1. The Morgan fingerprint density at radius 3 is 2.41 bits per heavy atom. The fourth-order valence-corrected chi connectivity index (χ4v) is 3.95. The lowest BCUT2D eigenvalue weighted by Gasteiger charge is -2.25. The van der Waals surface area contributed by atoms with Gasteiger partial charge in [-0.25, -0.2) is 12.8 Å². The van der Waals surface area contributed by atoms with Crippen LogP contribution in [0.15, 0.2) is 29.2 Å². The Morgan fingerprint density at radius 2 is 1.82 bits per heavy atom. The Morgan fingerprint density at radius 1 is 1.18 bits per heavy atom. The van der Waals surface area contributed by atoms with Gasteiger partial charge in [0.05, 0.1) is 10.9 Å². The normalized spacial score (nSPS) is 19.5. The molecule has 1 saturated heterocycles. The van der Waals surface area contributed by atoms with Crippen molar-refractivity contribution in [3.63, 3.8) is 0 Å². The molecular formula is C14H20FN3O3S. The van der Waals surface area contributed by atoms with E-state index in [1.807, 2.05) is 4.90 Å². The topological polar surface area (TPSA) is 83.7 Å². The Balaban J connectivity index is 2.13. The molecule has 1 fully saturated rings. The van der Waals surface area contributed by atoms with Crippen molar-refractivity contribution < 1.29 is 17.6 Å². The smallest absolute Gasteiger partial charge is 0.243 e. The highest BCUT2D eigenvalue weighted by atomic mass is 32.2. The highest BCUT2D eigenvalue weighted by molar-refractivity contribution is 7.89. The minimum atomic E-state index is -3.65. The zero-order chi connectivity index (χ0) is 16.3. The SMILES string of the molecule is C[C@H](C(N)=O)N1CCCN(S(=O)(=O)c2ccc(F)cc2)CC1. The van der Waals surface area contributed by atoms with Gasteiger partial charge in [0.2, 0.25) is 15.9 Å². The maximum Gasteiger partial charge on any atom is 0.243 e. The van der Waals surface area contributed by atoms with Crippen molar-refractivity contribution >= 4 is 15.9 Å². The molecule has 1 aromatic rings. The first-order valence-electron chi connectivity index (χ1n) is 7.11. The van der Waals surface area contributed by atoms with Crippen LogP contribution in [0.1, 0.15) is 13.3 Å². The fourth-order valence-electron chi connectivity index (χ4n) is 2.48. The van der Waals surface area contributed by atoms with Crippen LogP contribution in [0.2, 0.25) is 0 Å².